The molecule has 0 amide bonds. The van der Waals surface area contributed by atoms with Gasteiger partial charge in [-0.2, -0.15) is 0 Å². The lowest BCUT2D eigenvalue weighted by atomic mass is 9.85. The van der Waals surface area contributed by atoms with Gasteiger partial charge in [-0.1, -0.05) is 32.1 Å². The van der Waals surface area contributed by atoms with Crippen LogP contribution in [-0.2, 0) is 4.79 Å². The highest BCUT2D eigenvalue weighted by molar-refractivity contribution is 5.73. The molecular weight excluding hydrogens is 170 g/mol. The minimum absolute atomic E-state index is 0. The fourth-order valence-corrected chi connectivity index (χ4v) is 1.88. The Hall–Kier alpha value is -0.610. The van der Waals surface area contributed by atoms with E-state index in [-0.39, 0.29) is 5.48 Å². The monoisotopic (exact) mass is 189 g/mol. The van der Waals surface area contributed by atoms with Crippen LogP contribution in [0.2, 0.25) is 0 Å². The largest absolute Gasteiger partial charge is 0.480 e. The molecule has 0 aliphatic heterocycles. The number of carboxylic acid groups (broad SMARTS) is 1. The summed E-state index contributed by atoms with van der Waals surface area (Å²) in [6.45, 7) is 0. The van der Waals surface area contributed by atoms with Crippen molar-refractivity contribution in [1.82, 2.24) is 0 Å². The van der Waals surface area contributed by atoms with E-state index < -0.39 is 12.0 Å². The van der Waals surface area contributed by atoms with Gasteiger partial charge in [-0.25, -0.2) is 0 Å². The first-order valence-electron chi connectivity index (χ1n) is 4.68. The summed E-state index contributed by atoms with van der Waals surface area (Å²) in [5, 5.41) is 8.59. The van der Waals surface area contributed by atoms with Crippen LogP contribution in [-0.4, -0.2) is 22.6 Å². The molecule has 0 radical (unpaired) electrons. The second-order valence-electron chi connectivity index (χ2n) is 3.68. The van der Waals surface area contributed by atoms with Crippen LogP contribution in [0.1, 0.15) is 38.5 Å². The third kappa shape index (κ3) is 4.24. The van der Waals surface area contributed by atoms with Crippen molar-refractivity contribution in [3.05, 3.63) is 0 Å². The van der Waals surface area contributed by atoms with E-state index in [1.165, 1.54) is 32.1 Å². The predicted molar refractivity (Wildman–Crippen MR) is 50.4 cm³/mol. The first-order chi connectivity index (χ1) is 5.70. The van der Waals surface area contributed by atoms with Gasteiger partial charge >= 0.3 is 5.97 Å². The van der Waals surface area contributed by atoms with Crippen molar-refractivity contribution in [3.63, 3.8) is 0 Å². The Bertz CT molecular complexity index is 155. The fraction of sp³-hybridized carbons (Fsp3) is 0.889. The predicted octanol–water partition coefficient (Wildman–Crippen LogP) is 0.544. The maximum absolute atomic E-state index is 10.4. The number of rotatable bonds is 3. The Morgan fingerprint density at radius 3 is 2.38 bits per heavy atom. The Kier molecular flexibility index (Phi) is 5.66. The molecule has 1 saturated carbocycles. The van der Waals surface area contributed by atoms with Crippen molar-refractivity contribution >= 4 is 5.97 Å². The summed E-state index contributed by atoms with van der Waals surface area (Å²) in [4.78, 5) is 10.4. The second-order valence-corrected chi connectivity index (χ2v) is 3.68. The molecule has 0 unspecified atom stereocenters. The molecule has 5 N–H and O–H groups in total. The molecule has 0 spiro atoms. The third-order valence-corrected chi connectivity index (χ3v) is 2.63. The number of nitrogens with two attached hydrogens (primary N) is 1. The van der Waals surface area contributed by atoms with Crippen molar-refractivity contribution < 1.29 is 15.4 Å². The molecular formula is C9H19NO3. The lowest BCUT2D eigenvalue weighted by molar-refractivity contribution is -0.139. The Balaban J connectivity index is 0.00000144. The van der Waals surface area contributed by atoms with Gasteiger partial charge in [0.1, 0.15) is 6.04 Å². The summed E-state index contributed by atoms with van der Waals surface area (Å²) in [7, 11) is 0. The molecule has 0 aromatic rings. The van der Waals surface area contributed by atoms with Gasteiger partial charge in [0.05, 0.1) is 0 Å². The van der Waals surface area contributed by atoms with Gasteiger partial charge in [-0.3, -0.25) is 4.79 Å². The zero-order chi connectivity index (χ0) is 8.97. The maximum atomic E-state index is 10.4. The topological polar surface area (TPSA) is 94.8 Å². The minimum atomic E-state index is -0.861. The van der Waals surface area contributed by atoms with Crippen LogP contribution >= 0.6 is 0 Å². The third-order valence-electron chi connectivity index (χ3n) is 2.63. The smallest absolute Gasteiger partial charge is 0.320 e. The van der Waals surface area contributed by atoms with Crippen LogP contribution in [0.25, 0.3) is 0 Å². The van der Waals surface area contributed by atoms with Gasteiger partial charge in [0, 0.05) is 0 Å². The van der Waals surface area contributed by atoms with Gasteiger partial charge in [0.25, 0.3) is 0 Å². The van der Waals surface area contributed by atoms with Crippen LogP contribution in [0.15, 0.2) is 0 Å². The summed E-state index contributed by atoms with van der Waals surface area (Å²) < 4.78 is 0. The molecule has 1 fully saturated rings. The van der Waals surface area contributed by atoms with Gasteiger partial charge in [0.2, 0.25) is 0 Å². The molecule has 1 aliphatic rings. The van der Waals surface area contributed by atoms with Gasteiger partial charge in [-0.05, 0) is 12.3 Å². The first-order valence-corrected chi connectivity index (χ1v) is 4.68. The minimum Gasteiger partial charge on any atom is -0.480 e. The number of hydrogen-bond acceptors (Lipinski definition) is 2. The number of carboxylic acids is 1. The molecule has 0 heterocycles. The summed E-state index contributed by atoms with van der Waals surface area (Å²) in [5.41, 5.74) is 5.45. The molecule has 0 aromatic heterocycles. The molecule has 0 saturated heterocycles. The summed E-state index contributed by atoms with van der Waals surface area (Å²) >= 11 is 0. The Morgan fingerprint density at radius 1 is 1.38 bits per heavy atom. The molecule has 78 valence electrons. The summed E-state index contributed by atoms with van der Waals surface area (Å²) in [5.74, 6) is -0.301. The molecule has 1 atom stereocenters. The van der Waals surface area contributed by atoms with Crippen LogP contribution < -0.4 is 5.73 Å². The van der Waals surface area contributed by atoms with E-state index in [2.05, 4.69) is 0 Å². The van der Waals surface area contributed by atoms with Crippen molar-refractivity contribution in [2.24, 2.45) is 11.7 Å². The number of hydrogen-bond donors (Lipinski definition) is 2. The first kappa shape index (κ1) is 12.4. The van der Waals surface area contributed by atoms with Crippen LogP contribution in [0.5, 0.6) is 0 Å². The average Bonchev–Trinajstić information content (AvgIpc) is 2.06. The summed E-state index contributed by atoms with van der Waals surface area (Å²) in [6.07, 6.45) is 6.80. The number of aliphatic carboxylic acids is 1. The quantitative estimate of drug-likeness (QED) is 0.678. The normalized spacial score (nSPS) is 20.4. The Labute approximate surface area is 78.4 Å². The van der Waals surface area contributed by atoms with E-state index in [4.69, 9.17) is 10.8 Å². The molecule has 0 aromatic carbocycles. The highest BCUT2D eigenvalue weighted by atomic mass is 16.4. The highest BCUT2D eigenvalue weighted by Crippen LogP contribution is 2.26. The van der Waals surface area contributed by atoms with Gasteiger partial charge < -0.3 is 16.3 Å². The van der Waals surface area contributed by atoms with Crippen LogP contribution in [0, 0.1) is 5.92 Å². The van der Waals surface area contributed by atoms with Crippen LogP contribution in [0.3, 0.4) is 0 Å². The SMILES string of the molecule is N[C@H](CC1CCCCC1)C(=O)O.O. The van der Waals surface area contributed by atoms with Crippen molar-refractivity contribution in [3.8, 4) is 0 Å². The van der Waals surface area contributed by atoms with Crippen molar-refractivity contribution in [2.45, 2.75) is 44.6 Å². The van der Waals surface area contributed by atoms with Crippen molar-refractivity contribution in [1.29, 1.82) is 0 Å². The van der Waals surface area contributed by atoms with E-state index in [1.54, 1.807) is 0 Å². The van der Waals surface area contributed by atoms with E-state index in [1.807, 2.05) is 0 Å². The van der Waals surface area contributed by atoms with Gasteiger partial charge in [0.15, 0.2) is 0 Å². The van der Waals surface area contributed by atoms with Gasteiger partial charge in [-0.15, -0.1) is 0 Å². The molecule has 4 nitrogen and oxygen atoms in total. The van der Waals surface area contributed by atoms with E-state index >= 15 is 0 Å². The molecule has 1 aliphatic carbocycles. The molecule has 4 heteroatoms. The van der Waals surface area contributed by atoms with Crippen molar-refractivity contribution in [2.75, 3.05) is 0 Å². The standard InChI is InChI=1S/C9H17NO2.H2O/c10-8(9(11)12)6-7-4-2-1-3-5-7;/h7-8H,1-6,10H2,(H,11,12);1H2/t8-;/m1./s1. The zero-order valence-corrected chi connectivity index (χ0v) is 7.83. The number of carbonyl (C=O) groups is 1. The maximum Gasteiger partial charge on any atom is 0.320 e. The average molecular weight is 189 g/mol. The fourth-order valence-electron chi connectivity index (χ4n) is 1.88. The molecule has 0 bridgehead atoms. The lowest BCUT2D eigenvalue weighted by Crippen LogP contribution is -2.32. The molecule has 1 rings (SSSR count). The molecule has 13 heavy (non-hydrogen) atoms. The van der Waals surface area contributed by atoms with Crippen LogP contribution in [0.4, 0.5) is 0 Å². The second kappa shape index (κ2) is 5.94. The summed E-state index contributed by atoms with van der Waals surface area (Å²) in [6, 6.07) is -0.645. The highest BCUT2D eigenvalue weighted by Gasteiger charge is 2.20. The van der Waals surface area contributed by atoms with E-state index in [9.17, 15) is 4.79 Å². The zero-order valence-electron chi connectivity index (χ0n) is 7.83. The lowest BCUT2D eigenvalue weighted by Gasteiger charge is -2.22. The Morgan fingerprint density at radius 2 is 1.92 bits per heavy atom. The van der Waals surface area contributed by atoms with E-state index in [0.717, 1.165) is 0 Å². The van der Waals surface area contributed by atoms with E-state index in [0.29, 0.717) is 12.3 Å².